The van der Waals surface area contributed by atoms with E-state index in [1.54, 1.807) is 7.11 Å². The van der Waals surface area contributed by atoms with Crippen LogP contribution in [0, 0.1) is 0 Å². The Hall–Kier alpha value is -1.55. The Morgan fingerprint density at radius 2 is 2.11 bits per heavy atom. The van der Waals surface area contributed by atoms with Crippen molar-refractivity contribution in [2.45, 2.75) is 25.8 Å². The molecule has 0 bridgehead atoms. The molecule has 1 aromatic carbocycles. The number of methoxy groups -OCH3 is 1. The number of amides is 1. The molecule has 4 nitrogen and oxygen atoms in total. The lowest BCUT2D eigenvalue weighted by Gasteiger charge is -2.25. The molecule has 0 spiro atoms. The zero-order chi connectivity index (χ0) is 13.7. The summed E-state index contributed by atoms with van der Waals surface area (Å²) in [5.74, 6) is 0.925. The van der Waals surface area contributed by atoms with E-state index < -0.39 is 0 Å². The molecule has 4 heteroatoms. The van der Waals surface area contributed by atoms with Gasteiger partial charge in [0.15, 0.2) is 0 Å². The number of benzene rings is 1. The minimum Gasteiger partial charge on any atom is -0.497 e. The van der Waals surface area contributed by atoms with E-state index in [1.807, 2.05) is 36.1 Å². The molecule has 1 fully saturated rings. The summed E-state index contributed by atoms with van der Waals surface area (Å²) in [6, 6.07) is 8.14. The van der Waals surface area contributed by atoms with Gasteiger partial charge in [-0.2, -0.15) is 0 Å². The monoisotopic (exact) mass is 263 g/mol. The molecule has 0 aliphatic carbocycles. The normalized spacial score (nSPS) is 18.6. The molecule has 1 heterocycles. The van der Waals surface area contributed by atoms with E-state index in [-0.39, 0.29) is 18.6 Å². The first-order chi connectivity index (χ1) is 9.26. The smallest absolute Gasteiger partial charge is 0.249 e. The van der Waals surface area contributed by atoms with E-state index in [1.165, 1.54) is 5.56 Å². The van der Waals surface area contributed by atoms with Gasteiger partial charge >= 0.3 is 0 Å². The highest BCUT2D eigenvalue weighted by atomic mass is 16.5. The van der Waals surface area contributed by atoms with Gasteiger partial charge in [0.25, 0.3) is 0 Å². The van der Waals surface area contributed by atoms with Gasteiger partial charge in [-0.25, -0.2) is 0 Å². The standard InChI is InChI=1S/C15H21NO3/c1-3-19-11-15(17)16-10-4-5-14(16)12-6-8-13(18-2)9-7-12/h6-9,14H,3-5,10-11H2,1-2H3. The first kappa shape index (κ1) is 13.9. The zero-order valence-corrected chi connectivity index (χ0v) is 11.6. The van der Waals surface area contributed by atoms with E-state index in [4.69, 9.17) is 9.47 Å². The lowest BCUT2D eigenvalue weighted by molar-refractivity contribution is -0.136. The lowest BCUT2D eigenvalue weighted by atomic mass is 10.0. The zero-order valence-electron chi connectivity index (χ0n) is 11.6. The number of carbonyl (C=O) groups is 1. The van der Waals surface area contributed by atoms with Crippen molar-refractivity contribution in [2.24, 2.45) is 0 Å². The topological polar surface area (TPSA) is 38.8 Å². The van der Waals surface area contributed by atoms with Crippen molar-refractivity contribution in [3.05, 3.63) is 29.8 Å². The Kier molecular flexibility index (Phi) is 4.80. The average Bonchev–Trinajstić information content (AvgIpc) is 2.94. The maximum Gasteiger partial charge on any atom is 0.249 e. The molecule has 1 atom stereocenters. The summed E-state index contributed by atoms with van der Waals surface area (Å²) < 4.78 is 10.4. The van der Waals surface area contributed by atoms with Crippen molar-refractivity contribution in [3.63, 3.8) is 0 Å². The Bertz CT molecular complexity index is 416. The highest BCUT2D eigenvalue weighted by Gasteiger charge is 2.29. The maximum absolute atomic E-state index is 12.1. The van der Waals surface area contributed by atoms with Gasteiger partial charge in [0, 0.05) is 13.2 Å². The fourth-order valence-corrected chi connectivity index (χ4v) is 2.51. The van der Waals surface area contributed by atoms with Gasteiger partial charge in [-0.15, -0.1) is 0 Å². The molecular formula is C15H21NO3. The molecule has 104 valence electrons. The van der Waals surface area contributed by atoms with Crippen molar-refractivity contribution in [1.82, 2.24) is 4.90 Å². The van der Waals surface area contributed by atoms with Crippen LogP contribution in [0.4, 0.5) is 0 Å². The Balaban J connectivity index is 2.06. The van der Waals surface area contributed by atoms with E-state index in [9.17, 15) is 4.79 Å². The summed E-state index contributed by atoms with van der Waals surface area (Å²) >= 11 is 0. The van der Waals surface area contributed by atoms with Crippen LogP contribution in [0.15, 0.2) is 24.3 Å². The van der Waals surface area contributed by atoms with Crippen molar-refractivity contribution in [2.75, 3.05) is 26.9 Å². The largest absolute Gasteiger partial charge is 0.497 e. The van der Waals surface area contributed by atoms with Crippen molar-refractivity contribution in [3.8, 4) is 5.75 Å². The highest BCUT2D eigenvalue weighted by Crippen LogP contribution is 2.32. The molecule has 1 aromatic rings. The van der Waals surface area contributed by atoms with Crippen molar-refractivity contribution in [1.29, 1.82) is 0 Å². The molecule has 0 aromatic heterocycles. The number of rotatable bonds is 5. The summed E-state index contributed by atoms with van der Waals surface area (Å²) in [6.45, 7) is 3.48. The number of likely N-dealkylation sites (tertiary alicyclic amines) is 1. The van der Waals surface area contributed by atoms with E-state index >= 15 is 0 Å². The number of carbonyl (C=O) groups excluding carboxylic acids is 1. The maximum atomic E-state index is 12.1. The van der Waals surface area contributed by atoms with Gasteiger partial charge in [-0.05, 0) is 37.5 Å². The summed E-state index contributed by atoms with van der Waals surface area (Å²) in [7, 11) is 1.66. The molecule has 1 unspecified atom stereocenters. The predicted molar refractivity (Wildman–Crippen MR) is 73.2 cm³/mol. The molecular weight excluding hydrogens is 242 g/mol. The number of ether oxygens (including phenoxy) is 2. The molecule has 1 amide bonds. The highest BCUT2D eigenvalue weighted by molar-refractivity contribution is 5.78. The minimum atomic E-state index is 0.0835. The van der Waals surface area contributed by atoms with Crippen LogP contribution in [0.2, 0.25) is 0 Å². The van der Waals surface area contributed by atoms with E-state index in [0.29, 0.717) is 6.61 Å². The van der Waals surface area contributed by atoms with Crippen LogP contribution in [0.5, 0.6) is 5.75 Å². The van der Waals surface area contributed by atoms with Gasteiger partial charge in [-0.1, -0.05) is 12.1 Å². The second-order valence-electron chi connectivity index (χ2n) is 4.66. The lowest BCUT2D eigenvalue weighted by Crippen LogP contribution is -2.33. The van der Waals surface area contributed by atoms with Gasteiger partial charge in [0.2, 0.25) is 5.91 Å². The molecule has 0 N–H and O–H groups in total. The van der Waals surface area contributed by atoms with Gasteiger partial charge in [0.1, 0.15) is 12.4 Å². The average molecular weight is 263 g/mol. The third-order valence-electron chi connectivity index (χ3n) is 3.50. The van der Waals surface area contributed by atoms with Crippen LogP contribution >= 0.6 is 0 Å². The summed E-state index contributed by atoms with van der Waals surface area (Å²) in [4.78, 5) is 14.0. The number of hydrogen-bond donors (Lipinski definition) is 0. The SMILES string of the molecule is CCOCC(=O)N1CCCC1c1ccc(OC)cc1. The molecule has 19 heavy (non-hydrogen) atoms. The van der Waals surface area contributed by atoms with Crippen molar-refractivity contribution < 1.29 is 14.3 Å². The van der Waals surface area contributed by atoms with Crippen molar-refractivity contribution >= 4 is 5.91 Å². The Morgan fingerprint density at radius 1 is 1.37 bits per heavy atom. The molecule has 1 aliphatic heterocycles. The van der Waals surface area contributed by atoms with Crippen LogP contribution in [0.25, 0.3) is 0 Å². The Labute approximate surface area is 114 Å². The van der Waals surface area contributed by atoms with Crippen LogP contribution in [0.1, 0.15) is 31.4 Å². The van der Waals surface area contributed by atoms with Gasteiger partial charge < -0.3 is 14.4 Å². The number of nitrogens with zero attached hydrogens (tertiary/aromatic N) is 1. The molecule has 0 saturated carbocycles. The summed E-state index contributed by atoms with van der Waals surface area (Å²) in [6.07, 6.45) is 2.07. The Morgan fingerprint density at radius 3 is 2.74 bits per heavy atom. The fourth-order valence-electron chi connectivity index (χ4n) is 2.51. The molecule has 1 aliphatic rings. The molecule has 2 rings (SSSR count). The minimum absolute atomic E-state index is 0.0835. The van der Waals surface area contributed by atoms with E-state index in [2.05, 4.69) is 0 Å². The fraction of sp³-hybridized carbons (Fsp3) is 0.533. The van der Waals surface area contributed by atoms with E-state index in [0.717, 1.165) is 25.1 Å². The summed E-state index contributed by atoms with van der Waals surface area (Å²) in [5.41, 5.74) is 1.17. The predicted octanol–water partition coefficient (Wildman–Crippen LogP) is 2.40. The first-order valence-electron chi connectivity index (χ1n) is 6.77. The quantitative estimate of drug-likeness (QED) is 0.818. The molecule has 1 saturated heterocycles. The second kappa shape index (κ2) is 6.57. The van der Waals surface area contributed by atoms with Gasteiger partial charge in [0.05, 0.1) is 13.2 Å². The second-order valence-corrected chi connectivity index (χ2v) is 4.66. The third-order valence-corrected chi connectivity index (χ3v) is 3.50. The third kappa shape index (κ3) is 3.26. The van der Waals surface area contributed by atoms with Gasteiger partial charge in [-0.3, -0.25) is 4.79 Å². The summed E-state index contributed by atoms with van der Waals surface area (Å²) in [5, 5.41) is 0. The number of hydrogen-bond acceptors (Lipinski definition) is 3. The van der Waals surface area contributed by atoms with Crippen LogP contribution in [-0.2, 0) is 9.53 Å². The van der Waals surface area contributed by atoms with Crippen LogP contribution in [0.3, 0.4) is 0 Å². The first-order valence-corrected chi connectivity index (χ1v) is 6.77. The molecule has 0 radical (unpaired) electrons. The van der Waals surface area contributed by atoms with Crippen LogP contribution < -0.4 is 4.74 Å². The van der Waals surface area contributed by atoms with Crippen LogP contribution in [-0.4, -0.2) is 37.7 Å².